The minimum Gasteiger partial charge on any atom is -0.444 e. The van der Waals surface area contributed by atoms with Crippen molar-refractivity contribution in [2.24, 2.45) is 0 Å². The predicted octanol–water partition coefficient (Wildman–Crippen LogP) is 3.18. The summed E-state index contributed by atoms with van der Waals surface area (Å²) in [6.45, 7) is 11.4. The number of hydrogen-bond donors (Lipinski definition) is 0. The lowest BCUT2D eigenvalue weighted by Gasteiger charge is -2.34. The van der Waals surface area contributed by atoms with Crippen LogP contribution in [0.4, 0.5) is 4.79 Å². The first-order valence-corrected chi connectivity index (χ1v) is 7.37. The first-order valence-electron chi connectivity index (χ1n) is 5.84. The van der Waals surface area contributed by atoms with Gasteiger partial charge in [-0.25, -0.2) is 4.79 Å². The molecule has 17 heavy (non-hydrogen) atoms. The summed E-state index contributed by atoms with van der Waals surface area (Å²) in [7, 11) is 0. The fourth-order valence-corrected chi connectivity index (χ4v) is 3.17. The monoisotopic (exact) mass is 355 g/mol. The lowest BCUT2D eigenvalue weighted by atomic mass is 10.2. The number of carbonyl (C=O) groups excluding carboxylic acids is 1. The fourth-order valence-electron chi connectivity index (χ4n) is 2.06. The highest BCUT2D eigenvalue weighted by Gasteiger charge is 2.48. The second kappa shape index (κ2) is 4.91. The molecule has 0 radical (unpaired) electrons. The Kier molecular flexibility index (Phi) is 4.34. The second-order valence-corrected chi connectivity index (χ2v) is 6.72. The van der Waals surface area contributed by atoms with E-state index in [1.807, 2.05) is 41.5 Å². The van der Waals surface area contributed by atoms with Gasteiger partial charge in [0.1, 0.15) is 11.3 Å². The Morgan fingerprint density at radius 2 is 2.00 bits per heavy atom. The van der Waals surface area contributed by atoms with Crippen LogP contribution >= 0.6 is 22.6 Å². The molecular weight excluding hydrogens is 333 g/mol. The smallest absolute Gasteiger partial charge is 0.412 e. The average Bonchev–Trinajstić information content (AvgIpc) is 2.31. The van der Waals surface area contributed by atoms with Crippen LogP contribution in [0, 0.1) is 0 Å². The lowest BCUT2D eigenvalue weighted by molar-refractivity contribution is -0.0753. The summed E-state index contributed by atoms with van der Waals surface area (Å²) in [5, 5.41) is 0. The third-order valence-electron chi connectivity index (χ3n) is 2.68. The Morgan fingerprint density at radius 1 is 1.47 bits per heavy atom. The van der Waals surface area contributed by atoms with E-state index >= 15 is 0 Å². The van der Waals surface area contributed by atoms with Crippen LogP contribution in [0.25, 0.3) is 0 Å². The number of ether oxygens (including phenoxy) is 2. The molecule has 4 nitrogen and oxygen atoms in total. The van der Waals surface area contributed by atoms with Crippen molar-refractivity contribution in [3.63, 3.8) is 0 Å². The van der Waals surface area contributed by atoms with Crippen molar-refractivity contribution in [2.75, 3.05) is 4.43 Å². The second-order valence-electron chi connectivity index (χ2n) is 5.84. The summed E-state index contributed by atoms with van der Waals surface area (Å²) in [5.74, 6) is 0. The Balaban J connectivity index is 2.89. The molecule has 0 unspecified atom stereocenters. The van der Waals surface area contributed by atoms with Gasteiger partial charge in [-0.15, -0.1) is 0 Å². The van der Waals surface area contributed by atoms with Crippen molar-refractivity contribution in [1.29, 1.82) is 0 Å². The van der Waals surface area contributed by atoms with Gasteiger partial charge < -0.3 is 9.47 Å². The van der Waals surface area contributed by atoms with Gasteiger partial charge in [-0.1, -0.05) is 22.6 Å². The van der Waals surface area contributed by atoms with Crippen LogP contribution < -0.4 is 0 Å². The summed E-state index contributed by atoms with van der Waals surface area (Å²) in [4.78, 5) is 13.9. The van der Waals surface area contributed by atoms with Gasteiger partial charge in [0.15, 0.2) is 0 Å². The first kappa shape index (κ1) is 15.0. The maximum Gasteiger partial charge on any atom is 0.412 e. The number of nitrogens with zero attached hydrogens (tertiary/aromatic N) is 1. The number of halogens is 1. The van der Waals surface area contributed by atoms with Crippen LogP contribution in [0.3, 0.4) is 0 Å². The molecule has 0 aromatic rings. The molecule has 0 aliphatic carbocycles. The summed E-state index contributed by atoms with van der Waals surface area (Å²) in [6.07, 6.45) is -0.261. The van der Waals surface area contributed by atoms with E-state index in [9.17, 15) is 4.79 Å². The quantitative estimate of drug-likeness (QED) is 0.536. The molecule has 1 rings (SSSR count). The first-order chi connectivity index (χ1) is 7.58. The van der Waals surface area contributed by atoms with Crippen LogP contribution in [0.5, 0.6) is 0 Å². The van der Waals surface area contributed by atoms with E-state index in [0.29, 0.717) is 0 Å². The molecule has 0 N–H and O–H groups in total. The number of hydrogen-bond acceptors (Lipinski definition) is 3. The minimum absolute atomic E-state index is 0.0365. The number of rotatable bonds is 1. The molecule has 0 spiro atoms. The van der Waals surface area contributed by atoms with E-state index in [1.54, 1.807) is 4.90 Å². The van der Waals surface area contributed by atoms with E-state index in [0.717, 1.165) is 4.43 Å². The summed E-state index contributed by atoms with van der Waals surface area (Å²) in [6, 6.07) is 0.0699. The third-order valence-corrected chi connectivity index (χ3v) is 3.58. The van der Waals surface area contributed by atoms with Gasteiger partial charge in [-0.05, 0) is 41.5 Å². The SMILES string of the molecule is C[C@H]1OC(C)(C)N(C(=O)OC(C)(C)C)[C@@H]1CI. The Hall–Kier alpha value is -0.0400. The van der Waals surface area contributed by atoms with E-state index in [-0.39, 0.29) is 18.2 Å². The zero-order valence-corrected chi connectivity index (χ0v) is 13.6. The van der Waals surface area contributed by atoms with Crippen molar-refractivity contribution >= 4 is 28.7 Å². The summed E-state index contributed by atoms with van der Waals surface area (Å²) >= 11 is 2.28. The van der Waals surface area contributed by atoms with Crippen molar-refractivity contribution in [3.8, 4) is 0 Å². The minimum atomic E-state index is -0.600. The molecule has 2 atom stereocenters. The molecular formula is C12H22INO3. The van der Waals surface area contributed by atoms with Gasteiger partial charge in [0.2, 0.25) is 0 Å². The Labute approximate surface area is 117 Å². The van der Waals surface area contributed by atoms with Gasteiger partial charge >= 0.3 is 6.09 Å². The van der Waals surface area contributed by atoms with Crippen LogP contribution in [0.15, 0.2) is 0 Å². The van der Waals surface area contributed by atoms with Crippen molar-refractivity contribution < 1.29 is 14.3 Å². The zero-order chi connectivity index (χ0) is 13.4. The average molecular weight is 355 g/mol. The molecule has 1 fully saturated rings. The van der Waals surface area contributed by atoms with Gasteiger partial charge in [0.25, 0.3) is 0 Å². The van der Waals surface area contributed by atoms with Crippen LogP contribution in [-0.2, 0) is 9.47 Å². The molecule has 0 saturated carbocycles. The van der Waals surface area contributed by atoms with Gasteiger partial charge in [-0.3, -0.25) is 4.90 Å². The molecule has 1 heterocycles. The normalized spacial score (nSPS) is 28.3. The maximum atomic E-state index is 12.2. The van der Waals surface area contributed by atoms with Gasteiger partial charge in [0, 0.05) is 4.43 Å². The van der Waals surface area contributed by atoms with Crippen LogP contribution in [0.1, 0.15) is 41.5 Å². The highest BCUT2D eigenvalue weighted by atomic mass is 127. The van der Waals surface area contributed by atoms with Gasteiger partial charge in [0.05, 0.1) is 12.1 Å². The number of amides is 1. The van der Waals surface area contributed by atoms with Crippen molar-refractivity contribution in [3.05, 3.63) is 0 Å². The standard InChI is InChI=1S/C12H22INO3/c1-8-9(7-13)14(12(5,6)16-8)10(15)17-11(2,3)4/h8-9H,7H2,1-6H3/t8-,9-/m1/s1. The van der Waals surface area contributed by atoms with Crippen LogP contribution in [0.2, 0.25) is 0 Å². The molecule has 1 amide bonds. The topological polar surface area (TPSA) is 38.8 Å². The van der Waals surface area contributed by atoms with E-state index in [1.165, 1.54) is 0 Å². The molecule has 1 aliphatic heterocycles. The van der Waals surface area contributed by atoms with Crippen molar-refractivity contribution in [1.82, 2.24) is 4.90 Å². The molecule has 1 aliphatic rings. The van der Waals surface area contributed by atoms with E-state index in [2.05, 4.69) is 22.6 Å². The Bertz CT molecular complexity index is 299. The van der Waals surface area contributed by atoms with Crippen molar-refractivity contribution in [2.45, 2.75) is 65.0 Å². The maximum absolute atomic E-state index is 12.2. The molecule has 100 valence electrons. The molecule has 0 bridgehead atoms. The highest BCUT2D eigenvalue weighted by Crippen LogP contribution is 2.34. The summed E-state index contributed by atoms with van der Waals surface area (Å²) in [5.41, 5.74) is -1.08. The molecule has 5 heteroatoms. The van der Waals surface area contributed by atoms with Crippen LogP contribution in [-0.4, -0.2) is 38.9 Å². The van der Waals surface area contributed by atoms with E-state index < -0.39 is 11.3 Å². The highest BCUT2D eigenvalue weighted by molar-refractivity contribution is 14.1. The third kappa shape index (κ3) is 3.47. The fraction of sp³-hybridized carbons (Fsp3) is 0.917. The molecule has 0 aromatic carbocycles. The van der Waals surface area contributed by atoms with E-state index in [4.69, 9.17) is 9.47 Å². The zero-order valence-electron chi connectivity index (χ0n) is 11.4. The molecule has 0 aromatic heterocycles. The molecule has 1 saturated heterocycles. The number of alkyl halides is 1. The number of carbonyl (C=O) groups is 1. The Morgan fingerprint density at radius 3 is 2.41 bits per heavy atom. The lowest BCUT2D eigenvalue weighted by Crippen LogP contribution is -2.50. The largest absolute Gasteiger partial charge is 0.444 e. The van der Waals surface area contributed by atoms with Gasteiger partial charge in [-0.2, -0.15) is 0 Å². The predicted molar refractivity (Wildman–Crippen MR) is 75.4 cm³/mol. The summed E-state index contributed by atoms with van der Waals surface area (Å²) < 4.78 is 12.1.